The third-order valence-electron chi connectivity index (χ3n) is 6.54. The van der Waals surface area contributed by atoms with Crippen molar-refractivity contribution in [1.82, 2.24) is 15.3 Å². The van der Waals surface area contributed by atoms with E-state index in [1.165, 1.54) is 31.7 Å². The van der Waals surface area contributed by atoms with Gasteiger partial charge in [0.25, 0.3) is 5.91 Å². The topological polar surface area (TPSA) is 55.8 Å². The van der Waals surface area contributed by atoms with Gasteiger partial charge in [0.1, 0.15) is 5.82 Å². The van der Waals surface area contributed by atoms with Crippen molar-refractivity contribution in [3.8, 4) is 0 Å². The Hall–Kier alpha value is -1.50. The first-order chi connectivity index (χ1) is 11.2. The number of halogens is 1. The second-order valence-corrected chi connectivity index (χ2v) is 7.29. The Balaban J connectivity index is 1.62. The lowest BCUT2D eigenvalue weighted by Gasteiger charge is -2.47. The minimum Gasteiger partial charge on any atom is -0.288 e. The summed E-state index contributed by atoms with van der Waals surface area (Å²) in [6.07, 6.45) is 5.66. The van der Waals surface area contributed by atoms with E-state index in [9.17, 15) is 9.18 Å². The van der Waals surface area contributed by atoms with Crippen molar-refractivity contribution in [2.45, 2.75) is 49.9 Å². The van der Waals surface area contributed by atoms with Gasteiger partial charge in [-0.3, -0.25) is 19.8 Å². The van der Waals surface area contributed by atoms with E-state index in [2.05, 4.69) is 9.80 Å². The minimum atomic E-state index is -0.654. The largest absolute Gasteiger partial charge is 0.288 e. The average molecular weight is 317 g/mol. The maximum absolute atomic E-state index is 14.9. The van der Waals surface area contributed by atoms with Crippen molar-refractivity contribution >= 4 is 5.91 Å². The first-order valence-corrected chi connectivity index (χ1v) is 8.45. The van der Waals surface area contributed by atoms with Gasteiger partial charge in [0.05, 0.1) is 6.17 Å². The van der Waals surface area contributed by atoms with Crippen LogP contribution in [0.5, 0.6) is 0 Å². The number of nitrogens with one attached hydrogen (secondary N) is 1. The van der Waals surface area contributed by atoms with Gasteiger partial charge in [0, 0.05) is 35.8 Å². The van der Waals surface area contributed by atoms with Gasteiger partial charge in [0.15, 0.2) is 0 Å². The summed E-state index contributed by atoms with van der Waals surface area (Å²) in [5, 5.41) is 8.79. The molecule has 1 amide bonds. The molecule has 122 valence electrons. The zero-order valence-corrected chi connectivity index (χ0v) is 12.9. The Morgan fingerprint density at radius 1 is 1.35 bits per heavy atom. The lowest BCUT2D eigenvalue weighted by Crippen LogP contribution is -2.56. The number of nitrogens with zero attached hydrogens (tertiary/aromatic N) is 2. The van der Waals surface area contributed by atoms with Crippen LogP contribution >= 0.6 is 0 Å². The zero-order valence-electron chi connectivity index (χ0n) is 12.9. The van der Waals surface area contributed by atoms with E-state index in [1.807, 2.05) is 0 Å². The van der Waals surface area contributed by atoms with Crippen LogP contribution in [0.3, 0.4) is 0 Å². The lowest BCUT2D eigenvalue weighted by atomic mass is 9.71. The van der Waals surface area contributed by atoms with Gasteiger partial charge in [0.2, 0.25) is 0 Å². The molecule has 1 unspecified atom stereocenters. The highest BCUT2D eigenvalue weighted by molar-refractivity contribution is 5.93. The molecule has 3 aliphatic heterocycles. The smallest absolute Gasteiger partial charge is 0.274 e. The number of amides is 1. The van der Waals surface area contributed by atoms with E-state index in [-0.39, 0.29) is 23.1 Å². The van der Waals surface area contributed by atoms with Gasteiger partial charge in [-0.1, -0.05) is 0 Å². The highest BCUT2D eigenvalue weighted by Crippen LogP contribution is 2.60. The normalized spacial score (nSPS) is 35.0. The van der Waals surface area contributed by atoms with Crippen molar-refractivity contribution < 1.29 is 14.4 Å². The highest BCUT2D eigenvalue weighted by atomic mass is 19.1. The molecule has 3 heterocycles. The van der Waals surface area contributed by atoms with Crippen molar-refractivity contribution in [3.63, 3.8) is 0 Å². The zero-order chi connectivity index (χ0) is 15.8. The third-order valence-corrected chi connectivity index (χ3v) is 6.54. The van der Waals surface area contributed by atoms with Crippen molar-refractivity contribution in [2.24, 2.45) is 0 Å². The van der Waals surface area contributed by atoms with E-state index in [1.54, 1.807) is 11.5 Å². The minimum absolute atomic E-state index is 0.0278. The molecule has 1 spiro atoms. The van der Waals surface area contributed by atoms with Crippen molar-refractivity contribution in [3.05, 3.63) is 34.6 Å². The molecule has 3 fully saturated rings. The van der Waals surface area contributed by atoms with Crippen LogP contribution in [-0.2, 0) is 6.42 Å². The van der Waals surface area contributed by atoms with Crippen molar-refractivity contribution in [1.29, 1.82) is 0 Å². The molecule has 2 saturated heterocycles. The first kappa shape index (κ1) is 13.9. The first-order valence-electron chi connectivity index (χ1n) is 8.45. The Kier molecular flexibility index (Phi) is 2.73. The molecule has 2 N–H and O–H groups in total. The molecule has 1 saturated carbocycles. The van der Waals surface area contributed by atoms with Gasteiger partial charge in [-0.2, -0.15) is 0 Å². The summed E-state index contributed by atoms with van der Waals surface area (Å²) in [6, 6.07) is 3.57. The van der Waals surface area contributed by atoms with Crippen LogP contribution in [0.2, 0.25) is 0 Å². The molecule has 0 radical (unpaired) electrons. The van der Waals surface area contributed by atoms with E-state index in [0.717, 1.165) is 30.6 Å². The predicted octanol–water partition coefficient (Wildman–Crippen LogP) is 1.81. The second kappa shape index (κ2) is 4.53. The standard InChI is InChI=1S/C17H20FN3O2/c18-12-9-11(15(22)19-23)8-10-3-7-20-13-2-5-17(13)4-1-6-21(17)16(20)14(10)12/h8-9,13,16,23H,1-7H2,(H,19,22)/t13-,16?,17-/m1/s1. The van der Waals surface area contributed by atoms with Gasteiger partial charge in [-0.05, 0) is 49.8 Å². The van der Waals surface area contributed by atoms with E-state index in [4.69, 9.17) is 5.21 Å². The van der Waals surface area contributed by atoms with Crippen LogP contribution in [0.1, 0.15) is 53.3 Å². The second-order valence-electron chi connectivity index (χ2n) is 7.29. The fourth-order valence-corrected chi connectivity index (χ4v) is 5.56. The SMILES string of the molecule is O=C(NO)c1cc(F)c2c(c1)CCN1C2N2CCC[C@]23CC[C@@H]13. The molecule has 6 heteroatoms. The highest BCUT2D eigenvalue weighted by Gasteiger charge is 2.65. The van der Waals surface area contributed by atoms with Crippen LogP contribution < -0.4 is 5.48 Å². The molecule has 4 aliphatic rings. The fourth-order valence-electron chi connectivity index (χ4n) is 5.56. The Morgan fingerprint density at radius 3 is 2.96 bits per heavy atom. The summed E-state index contributed by atoms with van der Waals surface area (Å²) in [5.41, 5.74) is 3.72. The molecule has 5 nitrogen and oxygen atoms in total. The number of carbonyl (C=O) groups is 1. The average Bonchev–Trinajstić information content (AvgIpc) is 3.05. The molecule has 23 heavy (non-hydrogen) atoms. The Bertz CT molecular complexity index is 709. The number of hydroxylamine groups is 1. The lowest BCUT2D eigenvalue weighted by molar-refractivity contribution is 0.0691. The number of rotatable bonds is 1. The summed E-state index contributed by atoms with van der Waals surface area (Å²) < 4.78 is 14.9. The molecule has 1 aromatic carbocycles. The molecule has 0 aromatic heterocycles. The third kappa shape index (κ3) is 1.59. The van der Waals surface area contributed by atoms with E-state index >= 15 is 0 Å². The van der Waals surface area contributed by atoms with Crippen LogP contribution in [0.4, 0.5) is 4.39 Å². The van der Waals surface area contributed by atoms with E-state index < -0.39 is 5.91 Å². The van der Waals surface area contributed by atoms with Crippen molar-refractivity contribution in [2.75, 3.05) is 13.1 Å². The Morgan fingerprint density at radius 2 is 2.22 bits per heavy atom. The van der Waals surface area contributed by atoms with Gasteiger partial charge < -0.3 is 0 Å². The van der Waals surface area contributed by atoms with Gasteiger partial charge in [-0.25, -0.2) is 9.87 Å². The summed E-state index contributed by atoms with van der Waals surface area (Å²) in [7, 11) is 0. The maximum Gasteiger partial charge on any atom is 0.274 e. The number of fused-ring (bicyclic) bond motifs is 5. The van der Waals surface area contributed by atoms with Crippen LogP contribution in [-0.4, -0.2) is 45.6 Å². The number of carbonyl (C=O) groups excluding carboxylic acids is 1. The molecule has 1 aromatic rings. The summed E-state index contributed by atoms with van der Waals surface area (Å²) in [4.78, 5) is 16.6. The van der Waals surface area contributed by atoms with Crippen LogP contribution in [0.25, 0.3) is 0 Å². The molecule has 5 rings (SSSR count). The number of hydrogen-bond acceptors (Lipinski definition) is 4. The summed E-state index contributed by atoms with van der Waals surface area (Å²) >= 11 is 0. The molecule has 0 bridgehead atoms. The molecular formula is C17H20FN3O2. The summed E-state index contributed by atoms with van der Waals surface area (Å²) in [5.74, 6) is -0.975. The Labute approximate surface area is 134 Å². The van der Waals surface area contributed by atoms with Gasteiger partial charge >= 0.3 is 0 Å². The predicted molar refractivity (Wildman–Crippen MR) is 80.5 cm³/mol. The molecule has 1 aliphatic carbocycles. The fraction of sp³-hybridized carbons (Fsp3) is 0.588. The molecule has 3 atom stereocenters. The monoisotopic (exact) mass is 317 g/mol. The molecular weight excluding hydrogens is 297 g/mol. The van der Waals surface area contributed by atoms with Gasteiger partial charge in [-0.15, -0.1) is 0 Å². The maximum atomic E-state index is 14.9. The quantitative estimate of drug-likeness (QED) is 0.613. The number of benzene rings is 1. The van der Waals surface area contributed by atoms with E-state index in [0.29, 0.717) is 6.04 Å². The number of hydrogen-bond donors (Lipinski definition) is 2. The van der Waals surface area contributed by atoms with Crippen LogP contribution in [0.15, 0.2) is 12.1 Å². The van der Waals surface area contributed by atoms with Crippen LogP contribution in [0, 0.1) is 5.82 Å². The summed E-state index contributed by atoms with van der Waals surface area (Å²) in [6.45, 7) is 1.96.